The third-order valence-electron chi connectivity index (χ3n) is 2.40. The maximum absolute atomic E-state index is 11.7. The monoisotopic (exact) mass is 210 g/mol. The SMILES string of the molecule is CC(C)c1c(N)nc(C(C)CN)[nH]c1=O. The van der Waals surface area contributed by atoms with Gasteiger partial charge in [-0.05, 0) is 5.92 Å². The standard InChI is InChI=1S/C10H18N4O/c1-5(2)7-8(12)13-9(6(3)4-11)14-10(7)15/h5-6H,4,11H2,1-3H3,(H3,12,13,14,15). The van der Waals surface area contributed by atoms with Crippen LogP contribution in [0, 0.1) is 0 Å². The van der Waals surface area contributed by atoms with Crippen molar-refractivity contribution in [3.63, 3.8) is 0 Å². The first-order chi connectivity index (χ1) is 6.97. The molecule has 0 aliphatic carbocycles. The van der Waals surface area contributed by atoms with Gasteiger partial charge in [0.1, 0.15) is 11.6 Å². The van der Waals surface area contributed by atoms with Crippen molar-refractivity contribution < 1.29 is 0 Å². The number of nitrogens with zero attached hydrogens (tertiary/aromatic N) is 1. The van der Waals surface area contributed by atoms with Crippen molar-refractivity contribution in [1.29, 1.82) is 0 Å². The maximum atomic E-state index is 11.7. The molecule has 0 aliphatic rings. The highest BCUT2D eigenvalue weighted by Crippen LogP contribution is 2.16. The fourth-order valence-corrected chi connectivity index (χ4v) is 1.42. The molecule has 0 spiro atoms. The minimum Gasteiger partial charge on any atom is -0.383 e. The van der Waals surface area contributed by atoms with E-state index in [1.165, 1.54) is 0 Å². The molecule has 84 valence electrons. The minimum atomic E-state index is -0.159. The van der Waals surface area contributed by atoms with Gasteiger partial charge in [0.05, 0.1) is 5.56 Å². The van der Waals surface area contributed by atoms with Crippen molar-refractivity contribution in [3.05, 3.63) is 21.7 Å². The summed E-state index contributed by atoms with van der Waals surface area (Å²) in [6.07, 6.45) is 0. The van der Waals surface area contributed by atoms with Gasteiger partial charge in [-0.15, -0.1) is 0 Å². The largest absolute Gasteiger partial charge is 0.383 e. The van der Waals surface area contributed by atoms with Gasteiger partial charge in [0, 0.05) is 12.5 Å². The summed E-state index contributed by atoms with van der Waals surface area (Å²) < 4.78 is 0. The van der Waals surface area contributed by atoms with Gasteiger partial charge in [0.15, 0.2) is 0 Å². The van der Waals surface area contributed by atoms with E-state index in [4.69, 9.17) is 11.5 Å². The Hall–Kier alpha value is -1.36. The number of aromatic nitrogens is 2. The molecule has 1 aromatic heterocycles. The third kappa shape index (κ3) is 2.36. The highest BCUT2D eigenvalue weighted by Gasteiger charge is 2.14. The number of nitrogens with two attached hydrogens (primary N) is 2. The highest BCUT2D eigenvalue weighted by atomic mass is 16.1. The lowest BCUT2D eigenvalue weighted by molar-refractivity contribution is 0.698. The van der Waals surface area contributed by atoms with E-state index in [9.17, 15) is 4.79 Å². The average molecular weight is 210 g/mol. The van der Waals surface area contributed by atoms with E-state index in [0.717, 1.165) is 0 Å². The van der Waals surface area contributed by atoms with Gasteiger partial charge in [-0.2, -0.15) is 0 Å². The molecule has 1 rings (SSSR count). The summed E-state index contributed by atoms with van der Waals surface area (Å²) in [5.74, 6) is 0.957. The molecule has 0 radical (unpaired) electrons. The molecule has 0 amide bonds. The summed E-state index contributed by atoms with van der Waals surface area (Å²) in [4.78, 5) is 18.6. The molecule has 0 saturated carbocycles. The number of anilines is 1. The lowest BCUT2D eigenvalue weighted by Crippen LogP contribution is -2.23. The molecule has 0 saturated heterocycles. The van der Waals surface area contributed by atoms with Crippen molar-refractivity contribution >= 4 is 5.82 Å². The van der Waals surface area contributed by atoms with E-state index >= 15 is 0 Å². The van der Waals surface area contributed by atoms with Crippen LogP contribution in [0.3, 0.4) is 0 Å². The molecule has 0 fully saturated rings. The second-order valence-electron chi connectivity index (χ2n) is 4.04. The summed E-state index contributed by atoms with van der Waals surface area (Å²) in [5, 5.41) is 0. The lowest BCUT2D eigenvalue weighted by atomic mass is 10.1. The van der Waals surface area contributed by atoms with Crippen LogP contribution >= 0.6 is 0 Å². The van der Waals surface area contributed by atoms with E-state index in [-0.39, 0.29) is 17.4 Å². The average Bonchev–Trinajstić information content (AvgIpc) is 2.14. The normalized spacial score (nSPS) is 13.1. The zero-order valence-electron chi connectivity index (χ0n) is 9.37. The summed E-state index contributed by atoms with van der Waals surface area (Å²) in [7, 11) is 0. The van der Waals surface area contributed by atoms with Crippen LogP contribution in [-0.4, -0.2) is 16.5 Å². The van der Waals surface area contributed by atoms with Gasteiger partial charge in [0.25, 0.3) is 5.56 Å². The Morgan fingerprint density at radius 3 is 2.40 bits per heavy atom. The van der Waals surface area contributed by atoms with Gasteiger partial charge in [0.2, 0.25) is 0 Å². The van der Waals surface area contributed by atoms with Crippen molar-refractivity contribution in [2.75, 3.05) is 12.3 Å². The maximum Gasteiger partial charge on any atom is 0.256 e. The zero-order chi connectivity index (χ0) is 11.6. The van der Waals surface area contributed by atoms with Crippen molar-refractivity contribution in [3.8, 4) is 0 Å². The third-order valence-corrected chi connectivity index (χ3v) is 2.40. The molecule has 1 unspecified atom stereocenters. The zero-order valence-corrected chi connectivity index (χ0v) is 9.37. The number of hydrogen-bond acceptors (Lipinski definition) is 4. The Balaban J connectivity index is 3.26. The first-order valence-corrected chi connectivity index (χ1v) is 5.07. The van der Waals surface area contributed by atoms with Crippen molar-refractivity contribution in [1.82, 2.24) is 9.97 Å². The Labute approximate surface area is 88.9 Å². The predicted octanol–water partition coefficient (Wildman–Crippen LogP) is 0.538. The second kappa shape index (κ2) is 4.44. The Bertz CT molecular complexity index is 397. The van der Waals surface area contributed by atoms with Crippen LogP contribution in [0.15, 0.2) is 4.79 Å². The van der Waals surface area contributed by atoms with Crippen molar-refractivity contribution in [2.45, 2.75) is 32.6 Å². The first-order valence-electron chi connectivity index (χ1n) is 5.07. The van der Waals surface area contributed by atoms with E-state index in [0.29, 0.717) is 23.8 Å². The summed E-state index contributed by atoms with van der Waals surface area (Å²) in [6.45, 7) is 6.15. The fourth-order valence-electron chi connectivity index (χ4n) is 1.42. The number of H-pyrrole nitrogens is 1. The second-order valence-corrected chi connectivity index (χ2v) is 4.04. The summed E-state index contributed by atoms with van der Waals surface area (Å²) in [5.41, 5.74) is 11.6. The Morgan fingerprint density at radius 1 is 1.40 bits per heavy atom. The molecule has 1 heterocycles. The van der Waals surface area contributed by atoms with Crippen LogP contribution in [0.2, 0.25) is 0 Å². The van der Waals surface area contributed by atoms with Gasteiger partial charge >= 0.3 is 0 Å². The topological polar surface area (TPSA) is 97.8 Å². The van der Waals surface area contributed by atoms with Crippen LogP contribution in [0.1, 0.15) is 44.0 Å². The van der Waals surface area contributed by atoms with Crippen LogP contribution < -0.4 is 17.0 Å². The van der Waals surface area contributed by atoms with Gasteiger partial charge in [-0.3, -0.25) is 4.79 Å². The Kier molecular flexibility index (Phi) is 3.47. The van der Waals surface area contributed by atoms with E-state index in [1.807, 2.05) is 20.8 Å². The van der Waals surface area contributed by atoms with E-state index in [2.05, 4.69) is 9.97 Å². The number of aromatic amines is 1. The summed E-state index contributed by atoms with van der Waals surface area (Å²) >= 11 is 0. The molecular weight excluding hydrogens is 192 g/mol. The van der Waals surface area contributed by atoms with Crippen LogP contribution in [0.25, 0.3) is 0 Å². The molecule has 5 nitrogen and oxygen atoms in total. The molecular formula is C10H18N4O. The molecule has 15 heavy (non-hydrogen) atoms. The molecule has 5 heteroatoms. The van der Waals surface area contributed by atoms with Crippen LogP contribution in [0.5, 0.6) is 0 Å². The minimum absolute atomic E-state index is 0.0150. The number of hydrogen-bond donors (Lipinski definition) is 3. The molecule has 1 atom stereocenters. The lowest BCUT2D eigenvalue weighted by Gasteiger charge is -2.12. The molecule has 0 aliphatic heterocycles. The fraction of sp³-hybridized carbons (Fsp3) is 0.600. The number of nitrogens with one attached hydrogen (secondary N) is 1. The number of rotatable bonds is 3. The van der Waals surface area contributed by atoms with Gasteiger partial charge < -0.3 is 16.5 Å². The Morgan fingerprint density at radius 2 is 2.00 bits per heavy atom. The van der Waals surface area contributed by atoms with Gasteiger partial charge in [-0.25, -0.2) is 4.98 Å². The van der Waals surface area contributed by atoms with Crippen LogP contribution in [0.4, 0.5) is 5.82 Å². The number of nitrogen functional groups attached to an aromatic ring is 1. The predicted molar refractivity (Wildman–Crippen MR) is 60.8 cm³/mol. The highest BCUT2D eigenvalue weighted by molar-refractivity contribution is 5.40. The molecule has 0 aromatic carbocycles. The summed E-state index contributed by atoms with van der Waals surface area (Å²) in [6, 6.07) is 0. The molecule has 5 N–H and O–H groups in total. The molecule has 1 aromatic rings. The first kappa shape index (κ1) is 11.7. The molecule has 0 bridgehead atoms. The van der Waals surface area contributed by atoms with E-state index in [1.54, 1.807) is 0 Å². The quantitative estimate of drug-likeness (QED) is 0.678. The van der Waals surface area contributed by atoms with Crippen LogP contribution in [-0.2, 0) is 0 Å². The van der Waals surface area contributed by atoms with E-state index < -0.39 is 0 Å². The smallest absolute Gasteiger partial charge is 0.256 e. The van der Waals surface area contributed by atoms with Crippen molar-refractivity contribution in [2.24, 2.45) is 5.73 Å². The van der Waals surface area contributed by atoms with Gasteiger partial charge in [-0.1, -0.05) is 20.8 Å².